The number of amides is 1. The summed E-state index contributed by atoms with van der Waals surface area (Å²) >= 11 is 0. The van der Waals surface area contributed by atoms with Gasteiger partial charge in [0.2, 0.25) is 15.9 Å². The quantitative estimate of drug-likeness (QED) is 0.413. The molecule has 3 rings (SSSR count). The van der Waals surface area contributed by atoms with Gasteiger partial charge in [0, 0.05) is 44.4 Å². The first-order valence-corrected chi connectivity index (χ1v) is 10.9. The van der Waals surface area contributed by atoms with Gasteiger partial charge in [-0.05, 0) is 37.1 Å². The van der Waals surface area contributed by atoms with Gasteiger partial charge in [-0.3, -0.25) is 14.9 Å². The highest BCUT2D eigenvalue weighted by molar-refractivity contribution is 7.89. The first-order valence-electron chi connectivity index (χ1n) is 9.47. The maximum atomic E-state index is 12.9. The standard InChI is InChI=1S/C21H23N3O5S/c1-16-6-8-20(17(2)14-16)30(28,29)23-12-10-22(11-13-23)21(25)9-7-18-4-3-5-19(15-18)24(26)27/h3-9,14-15H,10-13H2,1-2H3. The molecule has 0 aliphatic carbocycles. The zero-order chi connectivity index (χ0) is 21.9. The van der Waals surface area contributed by atoms with E-state index >= 15 is 0 Å². The zero-order valence-electron chi connectivity index (χ0n) is 16.8. The number of non-ortho nitro benzene ring substituents is 1. The number of hydrogen-bond acceptors (Lipinski definition) is 5. The summed E-state index contributed by atoms with van der Waals surface area (Å²) in [6, 6.07) is 11.2. The van der Waals surface area contributed by atoms with Crippen LogP contribution in [0.25, 0.3) is 6.08 Å². The molecule has 0 atom stereocenters. The van der Waals surface area contributed by atoms with Gasteiger partial charge in [-0.1, -0.05) is 29.8 Å². The third-order valence-electron chi connectivity index (χ3n) is 5.00. The zero-order valence-corrected chi connectivity index (χ0v) is 17.6. The lowest BCUT2D eigenvalue weighted by atomic mass is 10.2. The summed E-state index contributed by atoms with van der Waals surface area (Å²) in [5, 5.41) is 10.8. The lowest BCUT2D eigenvalue weighted by Gasteiger charge is -2.33. The molecule has 1 fully saturated rings. The first kappa shape index (κ1) is 21.7. The predicted molar refractivity (Wildman–Crippen MR) is 113 cm³/mol. The van der Waals surface area contributed by atoms with Crippen molar-refractivity contribution in [1.29, 1.82) is 0 Å². The molecule has 30 heavy (non-hydrogen) atoms. The minimum atomic E-state index is -3.61. The molecule has 9 heteroatoms. The van der Waals surface area contributed by atoms with Crippen molar-refractivity contribution in [3.8, 4) is 0 Å². The third-order valence-corrected chi connectivity index (χ3v) is 7.06. The Hall–Kier alpha value is -3.04. The Morgan fingerprint density at radius 1 is 1.07 bits per heavy atom. The molecule has 1 saturated heterocycles. The number of carbonyl (C=O) groups excluding carboxylic acids is 1. The lowest BCUT2D eigenvalue weighted by molar-refractivity contribution is -0.384. The second-order valence-electron chi connectivity index (χ2n) is 7.18. The van der Waals surface area contributed by atoms with Crippen molar-refractivity contribution in [1.82, 2.24) is 9.21 Å². The second kappa shape index (κ2) is 8.76. The Morgan fingerprint density at radius 2 is 1.77 bits per heavy atom. The van der Waals surface area contributed by atoms with Gasteiger partial charge in [0.15, 0.2) is 0 Å². The van der Waals surface area contributed by atoms with Crippen LogP contribution >= 0.6 is 0 Å². The van der Waals surface area contributed by atoms with Crippen LogP contribution in [0.2, 0.25) is 0 Å². The van der Waals surface area contributed by atoms with Crippen molar-refractivity contribution >= 4 is 27.7 Å². The van der Waals surface area contributed by atoms with E-state index in [2.05, 4.69) is 0 Å². The Balaban J connectivity index is 1.64. The maximum Gasteiger partial charge on any atom is 0.270 e. The fourth-order valence-electron chi connectivity index (χ4n) is 3.39. The molecular formula is C21H23N3O5S. The van der Waals surface area contributed by atoms with Gasteiger partial charge in [0.1, 0.15) is 0 Å². The van der Waals surface area contributed by atoms with Gasteiger partial charge >= 0.3 is 0 Å². The van der Waals surface area contributed by atoms with Crippen LogP contribution in [-0.2, 0) is 14.8 Å². The Kier molecular flexibility index (Phi) is 6.33. The van der Waals surface area contributed by atoms with Crippen LogP contribution in [-0.4, -0.2) is 54.6 Å². The topological polar surface area (TPSA) is 101 Å². The summed E-state index contributed by atoms with van der Waals surface area (Å²) in [6.45, 7) is 4.68. The van der Waals surface area contributed by atoms with Crippen LogP contribution in [0.15, 0.2) is 53.4 Å². The number of nitrogens with zero attached hydrogens (tertiary/aromatic N) is 3. The molecule has 1 amide bonds. The number of aryl methyl sites for hydroxylation is 2. The molecule has 0 saturated carbocycles. The predicted octanol–water partition coefficient (Wildman–Crippen LogP) is 2.76. The van der Waals surface area contributed by atoms with Crippen molar-refractivity contribution < 1.29 is 18.1 Å². The second-order valence-corrected chi connectivity index (χ2v) is 9.09. The number of rotatable bonds is 5. The van der Waals surface area contributed by atoms with Crippen LogP contribution in [0.3, 0.4) is 0 Å². The summed E-state index contributed by atoms with van der Waals surface area (Å²) in [4.78, 5) is 24.7. The molecule has 1 aliphatic heterocycles. The molecule has 0 unspecified atom stereocenters. The molecule has 0 spiro atoms. The van der Waals surface area contributed by atoms with E-state index in [0.29, 0.717) is 16.0 Å². The molecule has 0 aromatic heterocycles. The molecule has 1 heterocycles. The van der Waals surface area contributed by atoms with Crippen LogP contribution in [0, 0.1) is 24.0 Å². The minimum Gasteiger partial charge on any atom is -0.337 e. The van der Waals surface area contributed by atoms with E-state index < -0.39 is 14.9 Å². The molecular weight excluding hydrogens is 406 g/mol. The number of benzene rings is 2. The maximum absolute atomic E-state index is 12.9. The van der Waals surface area contributed by atoms with Crippen molar-refractivity contribution in [2.45, 2.75) is 18.7 Å². The highest BCUT2D eigenvalue weighted by atomic mass is 32.2. The molecule has 158 valence electrons. The molecule has 8 nitrogen and oxygen atoms in total. The largest absolute Gasteiger partial charge is 0.337 e. The number of nitro benzene ring substituents is 1. The van der Waals surface area contributed by atoms with Gasteiger partial charge in [0.05, 0.1) is 9.82 Å². The number of carbonyl (C=O) groups is 1. The van der Waals surface area contributed by atoms with E-state index in [9.17, 15) is 23.3 Å². The van der Waals surface area contributed by atoms with E-state index in [-0.39, 0.29) is 37.8 Å². The fourth-order valence-corrected chi connectivity index (χ4v) is 5.02. The summed E-state index contributed by atoms with van der Waals surface area (Å²) in [5.74, 6) is -0.259. The average Bonchev–Trinajstić information content (AvgIpc) is 2.72. The highest BCUT2D eigenvalue weighted by Crippen LogP contribution is 2.22. The lowest BCUT2D eigenvalue weighted by Crippen LogP contribution is -2.50. The smallest absolute Gasteiger partial charge is 0.270 e. The summed E-state index contributed by atoms with van der Waals surface area (Å²) in [7, 11) is -3.61. The number of nitro groups is 1. The van der Waals surface area contributed by atoms with Crippen molar-refractivity contribution in [2.75, 3.05) is 26.2 Å². The normalized spacial score (nSPS) is 15.5. The van der Waals surface area contributed by atoms with Crippen LogP contribution in [0.1, 0.15) is 16.7 Å². The molecule has 0 bridgehead atoms. The van der Waals surface area contributed by atoms with E-state index in [0.717, 1.165) is 5.56 Å². The Morgan fingerprint density at radius 3 is 2.40 bits per heavy atom. The van der Waals surface area contributed by atoms with Gasteiger partial charge in [-0.15, -0.1) is 0 Å². The van der Waals surface area contributed by atoms with Crippen LogP contribution in [0.4, 0.5) is 5.69 Å². The fraction of sp³-hybridized carbons (Fsp3) is 0.286. The highest BCUT2D eigenvalue weighted by Gasteiger charge is 2.30. The number of hydrogen-bond donors (Lipinski definition) is 0. The van der Waals surface area contributed by atoms with Gasteiger partial charge < -0.3 is 4.90 Å². The van der Waals surface area contributed by atoms with Crippen LogP contribution in [0.5, 0.6) is 0 Å². The minimum absolute atomic E-state index is 0.0465. The molecule has 0 N–H and O–H groups in total. The van der Waals surface area contributed by atoms with Crippen molar-refractivity contribution in [3.05, 3.63) is 75.3 Å². The summed E-state index contributed by atoms with van der Waals surface area (Å²) < 4.78 is 27.3. The van der Waals surface area contributed by atoms with E-state index in [1.54, 1.807) is 36.1 Å². The number of piperazine rings is 1. The van der Waals surface area contributed by atoms with Gasteiger partial charge in [0.25, 0.3) is 5.69 Å². The number of sulfonamides is 1. The average molecular weight is 429 g/mol. The monoisotopic (exact) mass is 429 g/mol. The van der Waals surface area contributed by atoms with Crippen molar-refractivity contribution in [2.24, 2.45) is 0 Å². The molecule has 2 aromatic rings. The summed E-state index contributed by atoms with van der Waals surface area (Å²) in [5.41, 5.74) is 2.20. The molecule has 1 aliphatic rings. The van der Waals surface area contributed by atoms with Crippen molar-refractivity contribution in [3.63, 3.8) is 0 Å². The Labute approximate surface area is 175 Å². The van der Waals surface area contributed by atoms with E-state index in [1.165, 1.54) is 28.6 Å². The first-order chi connectivity index (χ1) is 14.2. The van der Waals surface area contributed by atoms with E-state index in [4.69, 9.17) is 0 Å². The van der Waals surface area contributed by atoms with Crippen LogP contribution < -0.4 is 0 Å². The summed E-state index contributed by atoms with van der Waals surface area (Å²) in [6.07, 6.45) is 2.88. The third kappa shape index (κ3) is 4.74. The van der Waals surface area contributed by atoms with Gasteiger partial charge in [-0.2, -0.15) is 4.31 Å². The Bertz CT molecular complexity index is 1100. The molecule has 0 radical (unpaired) electrons. The van der Waals surface area contributed by atoms with Gasteiger partial charge in [-0.25, -0.2) is 8.42 Å². The molecule has 2 aromatic carbocycles. The SMILES string of the molecule is Cc1ccc(S(=O)(=O)N2CCN(C(=O)C=Cc3cccc([N+](=O)[O-])c3)CC2)c(C)c1. The van der Waals surface area contributed by atoms with E-state index in [1.807, 2.05) is 13.0 Å².